The molecule has 2 aromatic heterocycles. The van der Waals surface area contributed by atoms with Crippen LogP contribution in [0.5, 0.6) is 0 Å². The predicted octanol–water partition coefficient (Wildman–Crippen LogP) is 3.04. The molecule has 0 unspecified atom stereocenters. The third kappa shape index (κ3) is 2.92. The lowest BCUT2D eigenvalue weighted by Crippen LogP contribution is -2.18. The predicted molar refractivity (Wildman–Crippen MR) is 95.8 cm³/mol. The molecule has 0 aliphatic heterocycles. The van der Waals surface area contributed by atoms with E-state index in [1.807, 2.05) is 42.5 Å². The molecule has 122 valence electrons. The topological polar surface area (TPSA) is 87.5 Å². The number of benzene rings is 2. The molecule has 2 N–H and O–H groups in total. The second kappa shape index (κ2) is 6.09. The molecule has 0 saturated heterocycles. The van der Waals surface area contributed by atoms with Gasteiger partial charge in [-0.2, -0.15) is 5.10 Å². The van der Waals surface area contributed by atoms with E-state index in [4.69, 9.17) is 4.42 Å². The summed E-state index contributed by atoms with van der Waals surface area (Å²) >= 11 is 0. The summed E-state index contributed by atoms with van der Waals surface area (Å²) in [7, 11) is 0. The fourth-order valence-corrected chi connectivity index (χ4v) is 2.57. The molecule has 0 aliphatic carbocycles. The Morgan fingerprint density at radius 2 is 1.80 bits per heavy atom. The fourth-order valence-electron chi connectivity index (χ4n) is 2.57. The van der Waals surface area contributed by atoms with Gasteiger partial charge in [0.2, 0.25) is 0 Å². The van der Waals surface area contributed by atoms with Gasteiger partial charge >= 0.3 is 5.91 Å². The Balaban J connectivity index is 1.55. The number of aromatic nitrogens is 1. The van der Waals surface area contributed by atoms with Gasteiger partial charge in [-0.25, -0.2) is 5.43 Å². The maximum absolute atomic E-state index is 12.1. The molecular weight excluding hydrogens is 318 g/mol. The maximum Gasteiger partial charge on any atom is 0.307 e. The third-order valence-electron chi connectivity index (χ3n) is 3.80. The van der Waals surface area contributed by atoms with Gasteiger partial charge in [-0.15, -0.1) is 0 Å². The summed E-state index contributed by atoms with van der Waals surface area (Å²) in [6, 6.07) is 18.1. The number of rotatable bonds is 3. The molecule has 2 aromatic carbocycles. The molecule has 4 rings (SSSR count). The summed E-state index contributed by atoms with van der Waals surface area (Å²) in [4.78, 5) is 26.9. The average molecular weight is 331 g/mol. The molecule has 25 heavy (non-hydrogen) atoms. The highest BCUT2D eigenvalue weighted by Crippen LogP contribution is 2.18. The summed E-state index contributed by atoms with van der Waals surface area (Å²) in [5.41, 5.74) is 3.81. The molecule has 0 aliphatic rings. The summed E-state index contributed by atoms with van der Waals surface area (Å²) in [5, 5.41) is 5.57. The standard InChI is InChI=1S/C19H13N3O3/c23-18-14(9-12-5-1-3-7-15(12)21-18)11-20-22-19(24)17-10-13-6-2-4-8-16(13)25-17/h1-11H,(H,21,23)(H,22,24). The van der Waals surface area contributed by atoms with E-state index in [9.17, 15) is 9.59 Å². The van der Waals surface area contributed by atoms with E-state index in [2.05, 4.69) is 15.5 Å². The van der Waals surface area contributed by atoms with Gasteiger partial charge in [0, 0.05) is 10.9 Å². The maximum atomic E-state index is 12.1. The van der Waals surface area contributed by atoms with E-state index < -0.39 is 5.91 Å². The normalized spacial score (nSPS) is 11.4. The number of aromatic amines is 1. The Hall–Kier alpha value is -3.67. The van der Waals surface area contributed by atoms with Crippen molar-refractivity contribution in [1.29, 1.82) is 0 Å². The Bertz CT molecular complexity index is 1140. The van der Waals surface area contributed by atoms with Crippen LogP contribution in [0.25, 0.3) is 21.9 Å². The second-order valence-corrected chi connectivity index (χ2v) is 5.49. The smallest absolute Gasteiger partial charge is 0.307 e. The summed E-state index contributed by atoms with van der Waals surface area (Å²) < 4.78 is 5.46. The van der Waals surface area contributed by atoms with Crippen LogP contribution in [-0.2, 0) is 0 Å². The molecule has 0 bridgehead atoms. The van der Waals surface area contributed by atoms with Crippen LogP contribution in [0.15, 0.2) is 75.0 Å². The van der Waals surface area contributed by atoms with E-state index in [1.165, 1.54) is 6.21 Å². The van der Waals surface area contributed by atoms with Crippen molar-refractivity contribution >= 4 is 34.0 Å². The Morgan fingerprint density at radius 3 is 2.64 bits per heavy atom. The Labute approximate surface area is 141 Å². The van der Waals surface area contributed by atoms with E-state index in [0.717, 1.165) is 16.3 Å². The molecule has 6 heteroatoms. The van der Waals surface area contributed by atoms with Crippen molar-refractivity contribution in [2.75, 3.05) is 0 Å². The number of carbonyl (C=O) groups excluding carboxylic acids is 1. The molecular formula is C19H13N3O3. The van der Waals surface area contributed by atoms with Gasteiger partial charge in [-0.05, 0) is 29.7 Å². The van der Waals surface area contributed by atoms with Crippen LogP contribution in [0.1, 0.15) is 16.1 Å². The molecule has 2 heterocycles. The zero-order valence-corrected chi connectivity index (χ0v) is 13.0. The fraction of sp³-hybridized carbons (Fsp3) is 0. The van der Waals surface area contributed by atoms with Gasteiger partial charge in [0.25, 0.3) is 5.56 Å². The number of carbonyl (C=O) groups is 1. The minimum Gasteiger partial charge on any atom is -0.451 e. The molecule has 1 amide bonds. The third-order valence-corrected chi connectivity index (χ3v) is 3.80. The van der Waals surface area contributed by atoms with Crippen LogP contribution >= 0.6 is 0 Å². The number of fused-ring (bicyclic) bond motifs is 2. The number of hydrogen-bond donors (Lipinski definition) is 2. The molecule has 6 nitrogen and oxygen atoms in total. The number of H-pyrrole nitrogens is 1. The molecule has 4 aromatic rings. The lowest BCUT2D eigenvalue weighted by Gasteiger charge is -1.99. The van der Waals surface area contributed by atoms with Crippen molar-refractivity contribution in [1.82, 2.24) is 10.4 Å². The first-order chi connectivity index (χ1) is 12.2. The number of pyridine rings is 1. The highest BCUT2D eigenvalue weighted by atomic mass is 16.3. The van der Waals surface area contributed by atoms with Crippen LogP contribution in [-0.4, -0.2) is 17.1 Å². The van der Waals surface area contributed by atoms with Crippen molar-refractivity contribution in [3.63, 3.8) is 0 Å². The first-order valence-corrected chi connectivity index (χ1v) is 7.65. The molecule has 0 spiro atoms. The lowest BCUT2D eigenvalue weighted by atomic mass is 10.2. The van der Waals surface area contributed by atoms with Crippen molar-refractivity contribution < 1.29 is 9.21 Å². The minimum atomic E-state index is -0.482. The molecule has 0 radical (unpaired) electrons. The van der Waals surface area contributed by atoms with E-state index >= 15 is 0 Å². The Kier molecular flexibility index (Phi) is 3.63. The Morgan fingerprint density at radius 1 is 1.04 bits per heavy atom. The lowest BCUT2D eigenvalue weighted by molar-refractivity contribution is 0.0929. The van der Waals surface area contributed by atoms with Crippen LogP contribution in [0.2, 0.25) is 0 Å². The SMILES string of the molecule is O=C(NN=Cc1cc2ccccc2[nH]c1=O)c1cc2ccccc2o1. The number of hydrogen-bond acceptors (Lipinski definition) is 4. The number of nitrogens with zero attached hydrogens (tertiary/aromatic N) is 1. The largest absolute Gasteiger partial charge is 0.451 e. The first-order valence-electron chi connectivity index (χ1n) is 7.65. The van der Waals surface area contributed by atoms with E-state index in [1.54, 1.807) is 18.2 Å². The number of hydrazone groups is 1. The van der Waals surface area contributed by atoms with Gasteiger partial charge in [0.15, 0.2) is 5.76 Å². The highest BCUT2D eigenvalue weighted by molar-refractivity contribution is 5.96. The minimum absolute atomic E-state index is 0.158. The molecule has 0 fully saturated rings. The van der Waals surface area contributed by atoms with Crippen molar-refractivity contribution in [2.24, 2.45) is 5.10 Å². The van der Waals surface area contributed by atoms with Gasteiger partial charge in [0.1, 0.15) is 5.58 Å². The highest BCUT2D eigenvalue weighted by Gasteiger charge is 2.11. The van der Waals surface area contributed by atoms with Crippen LogP contribution in [0.3, 0.4) is 0 Å². The summed E-state index contributed by atoms with van der Waals surface area (Å²) in [6.07, 6.45) is 1.31. The van der Waals surface area contributed by atoms with Crippen LogP contribution in [0, 0.1) is 0 Å². The van der Waals surface area contributed by atoms with Crippen LogP contribution in [0.4, 0.5) is 0 Å². The van der Waals surface area contributed by atoms with Gasteiger partial charge in [-0.1, -0.05) is 36.4 Å². The average Bonchev–Trinajstić information content (AvgIpc) is 3.06. The monoisotopic (exact) mass is 331 g/mol. The number of amides is 1. The van der Waals surface area contributed by atoms with Gasteiger partial charge in [-0.3, -0.25) is 9.59 Å². The van der Waals surface area contributed by atoms with Crippen molar-refractivity contribution in [2.45, 2.75) is 0 Å². The van der Waals surface area contributed by atoms with Crippen LogP contribution < -0.4 is 11.0 Å². The van der Waals surface area contributed by atoms with Gasteiger partial charge < -0.3 is 9.40 Å². The molecule has 0 saturated carbocycles. The zero-order chi connectivity index (χ0) is 17.2. The molecule has 0 atom stereocenters. The number of furan rings is 1. The summed E-state index contributed by atoms with van der Waals surface area (Å²) in [6.45, 7) is 0. The van der Waals surface area contributed by atoms with E-state index in [-0.39, 0.29) is 11.3 Å². The number of nitrogens with one attached hydrogen (secondary N) is 2. The van der Waals surface area contributed by atoms with E-state index in [0.29, 0.717) is 11.1 Å². The van der Waals surface area contributed by atoms with Crippen molar-refractivity contribution in [3.05, 3.63) is 82.3 Å². The summed E-state index contributed by atoms with van der Waals surface area (Å²) in [5.74, 6) is -0.324. The van der Waals surface area contributed by atoms with Gasteiger partial charge in [0.05, 0.1) is 11.8 Å². The number of para-hydroxylation sites is 2. The zero-order valence-electron chi connectivity index (χ0n) is 13.0. The first kappa shape index (κ1) is 14.9. The quantitative estimate of drug-likeness (QED) is 0.447. The second-order valence-electron chi connectivity index (χ2n) is 5.49. The van der Waals surface area contributed by atoms with Crippen molar-refractivity contribution in [3.8, 4) is 0 Å².